The number of rotatable bonds is 4. The summed E-state index contributed by atoms with van der Waals surface area (Å²) >= 11 is 12.5. The van der Waals surface area contributed by atoms with Gasteiger partial charge in [0.15, 0.2) is 0 Å². The van der Waals surface area contributed by atoms with Gasteiger partial charge in [-0.25, -0.2) is 0 Å². The number of para-hydroxylation sites is 1. The molecule has 2 aromatic carbocycles. The average Bonchev–Trinajstić information content (AvgIpc) is 2.82. The molecule has 3 heterocycles. The van der Waals surface area contributed by atoms with E-state index in [1.54, 1.807) is 30.6 Å². The molecule has 5 rings (SSSR count). The Hall–Kier alpha value is -3.35. The molecule has 1 aliphatic rings. The van der Waals surface area contributed by atoms with Gasteiger partial charge in [0, 0.05) is 59.5 Å². The SMILES string of the molecule is CN(C)c1c(C(=O)NC2CCOc3ccccc32)cnc2c(-c3cc(Cl)cc(Cl)c3)nccc12. The zero-order chi connectivity index (χ0) is 23.8. The molecule has 1 N–H and O–H groups in total. The standard InChI is InChI=1S/C26H22Cl2N4O2/c1-32(2)25-19-7-9-29-23(15-11-16(27)13-17(28)12-15)24(19)30-14-20(25)26(33)31-21-8-10-34-22-6-4-3-5-18(21)22/h3-7,9,11-14,21H,8,10H2,1-2H3,(H,31,33). The number of hydrogen-bond acceptors (Lipinski definition) is 5. The van der Waals surface area contributed by atoms with E-state index in [4.69, 9.17) is 27.9 Å². The minimum absolute atomic E-state index is 0.134. The van der Waals surface area contributed by atoms with Crippen LogP contribution >= 0.6 is 23.2 Å². The third kappa shape index (κ3) is 4.15. The molecule has 1 aliphatic heterocycles. The predicted molar refractivity (Wildman–Crippen MR) is 136 cm³/mol. The molecule has 6 nitrogen and oxygen atoms in total. The van der Waals surface area contributed by atoms with Gasteiger partial charge in [0.05, 0.1) is 35.1 Å². The lowest BCUT2D eigenvalue weighted by Crippen LogP contribution is -2.33. The highest BCUT2D eigenvalue weighted by Gasteiger charge is 2.26. The summed E-state index contributed by atoms with van der Waals surface area (Å²) in [6.45, 7) is 0.551. The van der Waals surface area contributed by atoms with Crippen molar-refractivity contribution in [3.8, 4) is 17.0 Å². The number of benzene rings is 2. The highest BCUT2D eigenvalue weighted by molar-refractivity contribution is 6.35. The van der Waals surface area contributed by atoms with Crippen LogP contribution in [-0.2, 0) is 0 Å². The molecule has 4 aromatic rings. The van der Waals surface area contributed by atoms with Gasteiger partial charge in [-0.2, -0.15) is 0 Å². The molecule has 0 fully saturated rings. The molecule has 0 saturated heterocycles. The van der Waals surface area contributed by atoms with Crippen LogP contribution in [0, 0.1) is 0 Å². The first-order chi connectivity index (χ1) is 16.4. The van der Waals surface area contributed by atoms with Gasteiger partial charge in [0.2, 0.25) is 0 Å². The Balaban J connectivity index is 1.58. The summed E-state index contributed by atoms with van der Waals surface area (Å²) in [5, 5.41) is 5.02. The lowest BCUT2D eigenvalue weighted by atomic mass is 9.99. The van der Waals surface area contributed by atoms with Crippen molar-refractivity contribution in [2.75, 3.05) is 25.6 Å². The molecule has 1 unspecified atom stereocenters. The quantitative estimate of drug-likeness (QED) is 0.382. The minimum atomic E-state index is -0.191. The molecule has 0 spiro atoms. The summed E-state index contributed by atoms with van der Waals surface area (Å²) in [5.74, 6) is 0.614. The highest BCUT2D eigenvalue weighted by Crippen LogP contribution is 2.36. The van der Waals surface area contributed by atoms with Gasteiger partial charge >= 0.3 is 0 Å². The van der Waals surface area contributed by atoms with Crippen LogP contribution in [0.2, 0.25) is 10.0 Å². The number of aromatic nitrogens is 2. The van der Waals surface area contributed by atoms with Crippen LogP contribution < -0.4 is 15.0 Å². The van der Waals surface area contributed by atoms with Crippen LogP contribution in [0.5, 0.6) is 5.75 Å². The Morgan fingerprint density at radius 3 is 2.62 bits per heavy atom. The molecule has 0 aliphatic carbocycles. The Morgan fingerprint density at radius 2 is 1.85 bits per heavy atom. The summed E-state index contributed by atoms with van der Waals surface area (Å²) in [6.07, 6.45) is 4.01. The van der Waals surface area contributed by atoms with E-state index >= 15 is 0 Å². The van der Waals surface area contributed by atoms with Crippen LogP contribution in [-0.4, -0.2) is 36.6 Å². The Bertz CT molecular complexity index is 1390. The molecule has 2 aromatic heterocycles. The number of carbonyl (C=O) groups is 1. The molecule has 0 radical (unpaired) electrons. The molecule has 0 bridgehead atoms. The third-order valence-electron chi connectivity index (χ3n) is 5.85. The maximum Gasteiger partial charge on any atom is 0.255 e. The topological polar surface area (TPSA) is 67.4 Å². The average molecular weight is 493 g/mol. The number of pyridine rings is 2. The van der Waals surface area contributed by atoms with Gasteiger partial charge in [-0.15, -0.1) is 0 Å². The van der Waals surface area contributed by atoms with Crippen molar-refractivity contribution in [1.29, 1.82) is 0 Å². The van der Waals surface area contributed by atoms with E-state index < -0.39 is 0 Å². The monoisotopic (exact) mass is 492 g/mol. The van der Waals surface area contributed by atoms with E-state index in [1.165, 1.54) is 0 Å². The fraction of sp³-hybridized carbons (Fsp3) is 0.192. The van der Waals surface area contributed by atoms with Crippen molar-refractivity contribution in [1.82, 2.24) is 15.3 Å². The van der Waals surface area contributed by atoms with Crippen LogP contribution in [0.15, 0.2) is 60.9 Å². The first-order valence-electron chi connectivity index (χ1n) is 10.9. The van der Waals surface area contributed by atoms with Crippen molar-refractivity contribution in [3.05, 3.63) is 82.1 Å². The normalized spacial score (nSPS) is 14.9. The number of hydrogen-bond donors (Lipinski definition) is 1. The number of amides is 1. The van der Waals surface area contributed by atoms with E-state index in [0.29, 0.717) is 39.8 Å². The lowest BCUT2D eigenvalue weighted by molar-refractivity contribution is 0.0925. The highest BCUT2D eigenvalue weighted by atomic mass is 35.5. The van der Waals surface area contributed by atoms with Crippen molar-refractivity contribution < 1.29 is 9.53 Å². The van der Waals surface area contributed by atoms with Crippen molar-refractivity contribution >= 4 is 45.7 Å². The predicted octanol–water partition coefficient (Wildman–Crippen LogP) is 5.92. The number of nitrogens with zero attached hydrogens (tertiary/aromatic N) is 3. The second-order valence-electron chi connectivity index (χ2n) is 8.33. The summed E-state index contributed by atoms with van der Waals surface area (Å²) in [4.78, 5) is 24.6. The molecule has 172 valence electrons. The van der Waals surface area contributed by atoms with E-state index in [2.05, 4.69) is 15.3 Å². The van der Waals surface area contributed by atoms with Crippen LogP contribution in [0.1, 0.15) is 28.4 Å². The third-order valence-corrected chi connectivity index (χ3v) is 6.29. The fourth-order valence-corrected chi connectivity index (χ4v) is 4.91. The van der Waals surface area contributed by atoms with E-state index in [0.717, 1.165) is 28.0 Å². The summed E-state index contributed by atoms with van der Waals surface area (Å²) in [5.41, 5.74) is 4.30. The van der Waals surface area contributed by atoms with Crippen molar-refractivity contribution in [2.24, 2.45) is 0 Å². The first-order valence-corrected chi connectivity index (χ1v) is 11.6. The minimum Gasteiger partial charge on any atom is -0.493 e. The molecule has 1 atom stereocenters. The van der Waals surface area contributed by atoms with Crippen LogP contribution in [0.4, 0.5) is 5.69 Å². The van der Waals surface area contributed by atoms with Crippen molar-refractivity contribution in [3.63, 3.8) is 0 Å². The van der Waals surface area contributed by atoms with E-state index in [-0.39, 0.29) is 11.9 Å². The maximum absolute atomic E-state index is 13.5. The first kappa shape index (κ1) is 22.4. The number of carbonyl (C=O) groups excluding carboxylic acids is 1. The zero-order valence-corrected chi connectivity index (χ0v) is 20.2. The summed E-state index contributed by atoms with van der Waals surface area (Å²) in [7, 11) is 3.82. The van der Waals surface area contributed by atoms with E-state index in [9.17, 15) is 4.79 Å². The summed E-state index contributed by atoms with van der Waals surface area (Å²) < 4.78 is 5.73. The number of nitrogens with one attached hydrogen (secondary N) is 1. The van der Waals surface area contributed by atoms with Gasteiger partial charge in [0.1, 0.15) is 5.75 Å². The fourth-order valence-electron chi connectivity index (χ4n) is 4.39. The van der Waals surface area contributed by atoms with Gasteiger partial charge in [-0.3, -0.25) is 14.8 Å². The van der Waals surface area contributed by atoms with Crippen LogP contribution in [0.25, 0.3) is 22.2 Å². The van der Waals surface area contributed by atoms with Crippen LogP contribution in [0.3, 0.4) is 0 Å². The Kier molecular flexibility index (Phi) is 6.02. The van der Waals surface area contributed by atoms with E-state index in [1.807, 2.05) is 49.3 Å². The Morgan fingerprint density at radius 1 is 1.09 bits per heavy atom. The van der Waals surface area contributed by atoms with Gasteiger partial charge < -0.3 is 15.0 Å². The molecule has 8 heteroatoms. The number of anilines is 1. The second kappa shape index (κ2) is 9.12. The molecule has 34 heavy (non-hydrogen) atoms. The Labute approximate surface area is 207 Å². The number of ether oxygens (including phenoxy) is 1. The lowest BCUT2D eigenvalue weighted by Gasteiger charge is -2.27. The van der Waals surface area contributed by atoms with Gasteiger partial charge in [-0.1, -0.05) is 41.4 Å². The maximum atomic E-state index is 13.5. The number of fused-ring (bicyclic) bond motifs is 2. The smallest absolute Gasteiger partial charge is 0.255 e. The second-order valence-corrected chi connectivity index (χ2v) is 9.20. The molecule has 0 saturated carbocycles. The van der Waals surface area contributed by atoms with Crippen molar-refractivity contribution in [2.45, 2.75) is 12.5 Å². The number of halogens is 2. The summed E-state index contributed by atoms with van der Waals surface area (Å²) in [6, 6.07) is 14.8. The molecular formula is C26H22Cl2N4O2. The van der Waals surface area contributed by atoms with Gasteiger partial charge in [-0.05, 0) is 30.3 Å². The zero-order valence-electron chi connectivity index (χ0n) is 18.7. The largest absolute Gasteiger partial charge is 0.493 e. The van der Waals surface area contributed by atoms with Gasteiger partial charge in [0.25, 0.3) is 5.91 Å². The molecular weight excluding hydrogens is 471 g/mol. The molecule has 1 amide bonds.